The van der Waals surface area contributed by atoms with Crippen molar-refractivity contribution in [1.82, 2.24) is 19.7 Å². The Morgan fingerprint density at radius 2 is 2.03 bits per heavy atom. The van der Waals surface area contributed by atoms with E-state index in [-0.39, 0.29) is 12.7 Å². The molecular weight excluding hydrogens is 380 g/mol. The van der Waals surface area contributed by atoms with Gasteiger partial charge in [0.15, 0.2) is 0 Å². The Kier molecular flexibility index (Phi) is 7.71. The predicted molar refractivity (Wildman–Crippen MR) is 116 cm³/mol. The van der Waals surface area contributed by atoms with Gasteiger partial charge in [0.25, 0.3) is 0 Å². The van der Waals surface area contributed by atoms with Crippen molar-refractivity contribution in [3.05, 3.63) is 29.7 Å². The van der Waals surface area contributed by atoms with Crippen LogP contribution in [0.2, 0.25) is 0 Å². The Morgan fingerprint density at radius 3 is 2.73 bits per heavy atom. The van der Waals surface area contributed by atoms with Gasteiger partial charge in [0.05, 0.1) is 29.4 Å². The third-order valence-corrected chi connectivity index (χ3v) is 5.71. The molecule has 0 aromatic carbocycles. The molecule has 0 bridgehead atoms. The Labute approximate surface area is 179 Å². The van der Waals surface area contributed by atoms with Crippen molar-refractivity contribution in [1.29, 1.82) is 0 Å². The van der Waals surface area contributed by atoms with Crippen LogP contribution in [0.5, 0.6) is 5.75 Å². The van der Waals surface area contributed by atoms with Crippen molar-refractivity contribution in [2.24, 2.45) is 7.05 Å². The number of nitrogens with zero attached hydrogens (tertiary/aromatic N) is 4. The van der Waals surface area contributed by atoms with Crippen LogP contribution < -0.4 is 4.74 Å². The molecule has 7 heteroatoms. The van der Waals surface area contributed by atoms with Crippen LogP contribution in [0, 0.1) is 6.92 Å². The highest BCUT2D eigenvalue weighted by Crippen LogP contribution is 2.29. The van der Waals surface area contributed by atoms with E-state index >= 15 is 0 Å². The highest BCUT2D eigenvalue weighted by Gasteiger charge is 2.19. The first-order valence-electron chi connectivity index (χ1n) is 11.0. The molecule has 3 rings (SSSR count). The molecule has 7 nitrogen and oxygen atoms in total. The van der Waals surface area contributed by atoms with Gasteiger partial charge in [0.2, 0.25) is 0 Å². The molecule has 1 saturated carbocycles. The van der Waals surface area contributed by atoms with Crippen LogP contribution in [-0.2, 0) is 18.4 Å². The standard InChI is InChI=1S/C23H34N4O3/c1-5-6-14-26(3)23(28)29-16-21-19(15-24-27(21)4)20-12-13-22(17(2)25-20)30-18-10-8-7-9-11-18/h12-13,15,18H,5-11,14,16H2,1-4H3. The Balaban J connectivity index is 1.69. The fourth-order valence-corrected chi connectivity index (χ4v) is 3.76. The fraction of sp³-hybridized carbons (Fsp3) is 0.609. The van der Waals surface area contributed by atoms with Crippen LogP contribution in [0.1, 0.15) is 63.3 Å². The number of carbonyl (C=O) groups excluding carboxylic acids is 1. The second kappa shape index (κ2) is 10.5. The summed E-state index contributed by atoms with van der Waals surface area (Å²) in [6.07, 6.45) is 9.75. The molecule has 0 radical (unpaired) electrons. The Hall–Kier alpha value is -2.57. The van der Waals surface area contributed by atoms with Crippen LogP contribution in [-0.4, -0.2) is 45.5 Å². The number of aromatic nitrogens is 3. The summed E-state index contributed by atoms with van der Waals surface area (Å²) in [4.78, 5) is 18.6. The number of hydrogen-bond acceptors (Lipinski definition) is 5. The van der Waals surface area contributed by atoms with Gasteiger partial charge in [-0.3, -0.25) is 4.68 Å². The molecule has 1 amide bonds. The Bertz CT molecular complexity index is 843. The SMILES string of the molecule is CCCCN(C)C(=O)OCc1c(-c2ccc(OC3CCCCC3)c(C)n2)cnn1C. The lowest BCUT2D eigenvalue weighted by Crippen LogP contribution is -2.28. The monoisotopic (exact) mass is 414 g/mol. The van der Waals surface area contributed by atoms with Gasteiger partial charge in [0, 0.05) is 26.2 Å². The number of aryl methyl sites for hydroxylation is 2. The first-order chi connectivity index (χ1) is 14.5. The average molecular weight is 415 g/mol. The second-order valence-corrected chi connectivity index (χ2v) is 8.12. The number of unbranched alkanes of at least 4 members (excludes halogenated alkanes) is 1. The topological polar surface area (TPSA) is 69.5 Å². The first kappa shape index (κ1) is 22.1. The second-order valence-electron chi connectivity index (χ2n) is 8.12. The van der Waals surface area contributed by atoms with Crippen molar-refractivity contribution in [3.8, 4) is 17.0 Å². The summed E-state index contributed by atoms with van der Waals surface area (Å²) in [7, 11) is 3.61. The lowest BCUT2D eigenvalue weighted by atomic mass is 9.98. The van der Waals surface area contributed by atoms with Crippen LogP contribution in [0.25, 0.3) is 11.3 Å². The molecule has 164 valence electrons. The molecule has 30 heavy (non-hydrogen) atoms. The van der Waals surface area contributed by atoms with Gasteiger partial charge in [-0.15, -0.1) is 0 Å². The van der Waals surface area contributed by atoms with Crippen molar-refractivity contribution >= 4 is 6.09 Å². The van der Waals surface area contributed by atoms with Crippen LogP contribution in [0.4, 0.5) is 4.79 Å². The molecule has 1 fully saturated rings. The molecule has 2 aromatic rings. The first-order valence-corrected chi connectivity index (χ1v) is 11.0. The summed E-state index contributed by atoms with van der Waals surface area (Å²) < 4.78 is 13.4. The van der Waals surface area contributed by atoms with Gasteiger partial charge in [-0.05, 0) is 51.2 Å². The van der Waals surface area contributed by atoms with Crippen molar-refractivity contribution < 1.29 is 14.3 Å². The largest absolute Gasteiger partial charge is 0.489 e. The minimum atomic E-state index is -0.323. The maximum absolute atomic E-state index is 12.2. The van der Waals surface area contributed by atoms with Crippen LogP contribution in [0.15, 0.2) is 18.3 Å². The average Bonchev–Trinajstić information content (AvgIpc) is 3.12. The molecule has 0 atom stereocenters. The van der Waals surface area contributed by atoms with E-state index in [4.69, 9.17) is 14.5 Å². The van der Waals surface area contributed by atoms with Gasteiger partial charge in [-0.2, -0.15) is 5.10 Å². The van der Waals surface area contributed by atoms with Crippen molar-refractivity contribution in [3.63, 3.8) is 0 Å². The molecule has 0 aliphatic heterocycles. The molecule has 2 aromatic heterocycles. The van der Waals surface area contributed by atoms with Crippen molar-refractivity contribution in [2.75, 3.05) is 13.6 Å². The summed E-state index contributed by atoms with van der Waals surface area (Å²) in [6, 6.07) is 3.95. The maximum Gasteiger partial charge on any atom is 0.409 e. The highest BCUT2D eigenvalue weighted by atomic mass is 16.6. The quantitative estimate of drug-likeness (QED) is 0.616. The number of amides is 1. The van der Waals surface area contributed by atoms with Crippen molar-refractivity contribution in [2.45, 2.75) is 71.5 Å². The van der Waals surface area contributed by atoms with Gasteiger partial charge < -0.3 is 14.4 Å². The fourth-order valence-electron chi connectivity index (χ4n) is 3.76. The zero-order valence-corrected chi connectivity index (χ0v) is 18.7. The third kappa shape index (κ3) is 5.52. The number of carbonyl (C=O) groups is 1. The number of rotatable bonds is 8. The lowest BCUT2D eigenvalue weighted by molar-refractivity contribution is 0.102. The van der Waals surface area contributed by atoms with Gasteiger partial charge in [-0.25, -0.2) is 9.78 Å². The zero-order valence-electron chi connectivity index (χ0n) is 18.7. The van der Waals surface area contributed by atoms with Gasteiger partial charge in [0.1, 0.15) is 12.4 Å². The van der Waals surface area contributed by atoms with Gasteiger partial charge in [-0.1, -0.05) is 19.8 Å². The van der Waals surface area contributed by atoms with E-state index < -0.39 is 0 Å². The minimum absolute atomic E-state index is 0.155. The molecule has 1 aliphatic rings. The maximum atomic E-state index is 12.2. The number of hydrogen-bond donors (Lipinski definition) is 0. The zero-order chi connectivity index (χ0) is 21.5. The lowest BCUT2D eigenvalue weighted by Gasteiger charge is -2.23. The van der Waals surface area contributed by atoms with E-state index in [9.17, 15) is 4.79 Å². The number of ether oxygens (including phenoxy) is 2. The third-order valence-electron chi connectivity index (χ3n) is 5.71. The Morgan fingerprint density at radius 1 is 1.27 bits per heavy atom. The molecule has 1 aliphatic carbocycles. The minimum Gasteiger partial charge on any atom is -0.489 e. The molecular formula is C23H34N4O3. The van der Waals surface area contributed by atoms with Crippen LogP contribution >= 0.6 is 0 Å². The molecule has 0 saturated heterocycles. The summed E-state index contributed by atoms with van der Waals surface area (Å²) in [6.45, 7) is 4.92. The number of pyridine rings is 1. The predicted octanol–water partition coefficient (Wildman–Crippen LogP) is 4.87. The molecule has 2 heterocycles. The summed E-state index contributed by atoms with van der Waals surface area (Å²) >= 11 is 0. The van der Waals surface area contributed by atoms with E-state index in [2.05, 4.69) is 12.0 Å². The van der Waals surface area contributed by atoms with Gasteiger partial charge >= 0.3 is 6.09 Å². The van der Waals surface area contributed by atoms with Crippen LogP contribution in [0.3, 0.4) is 0 Å². The molecule has 0 N–H and O–H groups in total. The normalized spacial score (nSPS) is 14.5. The summed E-state index contributed by atoms with van der Waals surface area (Å²) in [5.74, 6) is 0.847. The van der Waals surface area contributed by atoms with E-state index in [1.807, 2.05) is 26.1 Å². The van der Waals surface area contributed by atoms with E-state index in [0.717, 1.165) is 54.1 Å². The highest BCUT2D eigenvalue weighted by molar-refractivity contribution is 5.68. The van der Waals surface area contributed by atoms with E-state index in [1.165, 1.54) is 19.3 Å². The van der Waals surface area contributed by atoms with E-state index in [1.54, 1.807) is 22.8 Å². The molecule has 0 spiro atoms. The molecule has 0 unspecified atom stereocenters. The summed E-state index contributed by atoms with van der Waals surface area (Å²) in [5.41, 5.74) is 3.36. The smallest absolute Gasteiger partial charge is 0.409 e. The summed E-state index contributed by atoms with van der Waals surface area (Å²) in [5, 5.41) is 4.35. The van der Waals surface area contributed by atoms with E-state index in [0.29, 0.717) is 12.6 Å².